The summed E-state index contributed by atoms with van der Waals surface area (Å²) >= 11 is 0. The number of rotatable bonds is 5. The Balaban J connectivity index is 0.00000370. The van der Waals surface area contributed by atoms with E-state index in [0.29, 0.717) is 0 Å². The number of fused-ring (bicyclic) bond motifs is 3. The number of ether oxygens (including phenoxy) is 3. The quantitative estimate of drug-likeness (QED) is 0.209. The standard InChI is InChI=1S/C27H29NO11.H2O/c1-10-22(31)13(28)6-17(38-10)39-15-8-27(36,16(30)9-29)7-12-19(15)26(35)21-20(24(12)33)23(32)11-4-3-5-14(37-2)18(11)25(21)34;/h3-5,10,13,15,17,22,29,31,33,35-36H,6-9,28H2,1-2H3;1H2/t10-,13-,15-,17-,22+,27-;/m0./s1. The summed E-state index contributed by atoms with van der Waals surface area (Å²) < 4.78 is 17.0. The lowest BCUT2D eigenvalue weighted by atomic mass is 9.72. The summed E-state index contributed by atoms with van der Waals surface area (Å²) in [7, 11) is 1.32. The number of carbonyl (C=O) groups excluding carboxylic acids is 3. The van der Waals surface area contributed by atoms with Crippen LogP contribution in [0.3, 0.4) is 0 Å². The number of benzene rings is 2. The SMILES string of the molecule is COc1cccc2c1C(=O)c1c(O)c3c(c(O)c1C2=O)C[C@@](O)(C(=O)CO)C[C@@H]3O[C@H]1C[C@H](N)[C@H](O)[C@H](C)O1.O. The van der Waals surface area contributed by atoms with Gasteiger partial charge in [0.1, 0.15) is 29.5 Å². The Kier molecular flexibility index (Phi) is 7.77. The number of aromatic hydroxyl groups is 2. The molecule has 13 heteroatoms. The molecular weight excluding hydrogens is 530 g/mol. The van der Waals surface area contributed by atoms with Crippen molar-refractivity contribution in [3.8, 4) is 17.2 Å². The highest BCUT2D eigenvalue weighted by Crippen LogP contribution is 2.52. The number of hydrogen-bond donors (Lipinski definition) is 6. The van der Waals surface area contributed by atoms with Crippen molar-refractivity contribution in [2.45, 2.75) is 62.4 Å². The molecule has 0 aromatic heterocycles. The Labute approximate surface area is 228 Å². The fourth-order valence-electron chi connectivity index (χ4n) is 5.75. The van der Waals surface area contributed by atoms with Crippen LogP contribution in [-0.4, -0.2) is 92.2 Å². The Morgan fingerprint density at radius 2 is 1.82 bits per heavy atom. The second-order valence-corrected chi connectivity index (χ2v) is 10.2. The lowest BCUT2D eigenvalue weighted by Gasteiger charge is -2.42. The molecule has 40 heavy (non-hydrogen) atoms. The van der Waals surface area contributed by atoms with Crippen LogP contribution >= 0.6 is 0 Å². The van der Waals surface area contributed by atoms with Crippen molar-refractivity contribution in [3.63, 3.8) is 0 Å². The maximum Gasteiger partial charge on any atom is 0.202 e. The molecule has 1 aliphatic heterocycles. The highest BCUT2D eigenvalue weighted by atomic mass is 16.7. The lowest BCUT2D eigenvalue weighted by Crippen LogP contribution is -2.53. The minimum atomic E-state index is -2.24. The van der Waals surface area contributed by atoms with Gasteiger partial charge in [0.2, 0.25) is 5.78 Å². The van der Waals surface area contributed by atoms with Crippen molar-refractivity contribution in [1.29, 1.82) is 0 Å². The minimum absolute atomic E-state index is 0. The summed E-state index contributed by atoms with van der Waals surface area (Å²) in [6, 6.07) is 3.64. The smallest absolute Gasteiger partial charge is 0.202 e. The van der Waals surface area contributed by atoms with Gasteiger partial charge in [-0.1, -0.05) is 12.1 Å². The molecule has 3 aliphatic rings. The predicted molar refractivity (Wildman–Crippen MR) is 135 cm³/mol. The van der Waals surface area contributed by atoms with Gasteiger partial charge in [0.15, 0.2) is 17.9 Å². The van der Waals surface area contributed by atoms with Gasteiger partial charge in [0.25, 0.3) is 0 Å². The predicted octanol–water partition coefficient (Wildman–Crippen LogP) is -0.823. The van der Waals surface area contributed by atoms with E-state index in [2.05, 4.69) is 0 Å². The fraction of sp³-hybridized carbons (Fsp3) is 0.444. The van der Waals surface area contributed by atoms with E-state index < -0.39 is 95.7 Å². The number of carbonyl (C=O) groups is 3. The highest BCUT2D eigenvalue weighted by molar-refractivity contribution is 6.31. The number of nitrogens with two attached hydrogens (primary N) is 1. The number of Topliss-reactive ketones (excluding diaryl/α,β-unsaturated/α-hetero) is 1. The fourth-order valence-corrected chi connectivity index (χ4v) is 5.75. The zero-order valence-electron chi connectivity index (χ0n) is 21.7. The van der Waals surface area contributed by atoms with Gasteiger partial charge in [-0.05, 0) is 13.0 Å². The third-order valence-corrected chi connectivity index (χ3v) is 7.81. The third-order valence-electron chi connectivity index (χ3n) is 7.81. The molecular formula is C27H31NO12. The molecule has 5 rings (SSSR count). The molecule has 2 aromatic carbocycles. The first-order valence-electron chi connectivity index (χ1n) is 12.4. The Morgan fingerprint density at radius 3 is 2.45 bits per heavy atom. The van der Waals surface area contributed by atoms with Crippen molar-refractivity contribution in [3.05, 3.63) is 51.6 Å². The van der Waals surface area contributed by atoms with Crippen molar-refractivity contribution < 1.29 is 59.6 Å². The second-order valence-electron chi connectivity index (χ2n) is 10.2. The van der Waals surface area contributed by atoms with E-state index >= 15 is 0 Å². The lowest BCUT2D eigenvalue weighted by molar-refractivity contribution is -0.247. The Bertz CT molecular complexity index is 1380. The molecule has 0 bridgehead atoms. The largest absolute Gasteiger partial charge is 0.507 e. The number of phenolic OH excluding ortho intramolecular Hbond substituents is 2. The van der Waals surface area contributed by atoms with Crippen LogP contribution in [0, 0.1) is 0 Å². The second kappa shape index (κ2) is 10.5. The van der Waals surface area contributed by atoms with Crippen LogP contribution in [0.2, 0.25) is 0 Å². The van der Waals surface area contributed by atoms with Crippen LogP contribution in [-0.2, 0) is 20.7 Å². The molecule has 13 nitrogen and oxygen atoms in total. The van der Waals surface area contributed by atoms with E-state index in [1.807, 2.05) is 0 Å². The summed E-state index contributed by atoms with van der Waals surface area (Å²) in [6.45, 7) is 0.560. The van der Waals surface area contributed by atoms with E-state index in [4.69, 9.17) is 19.9 Å². The summed E-state index contributed by atoms with van der Waals surface area (Å²) in [5, 5.41) is 53.7. The normalized spacial score (nSPS) is 29.1. The van der Waals surface area contributed by atoms with Crippen LogP contribution in [0.15, 0.2) is 18.2 Å². The summed E-state index contributed by atoms with van der Waals surface area (Å²) in [5.41, 5.74) is 2.37. The first kappa shape index (κ1) is 29.6. The van der Waals surface area contributed by atoms with Gasteiger partial charge >= 0.3 is 0 Å². The molecule has 1 heterocycles. The van der Waals surface area contributed by atoms with E-state index in [1.165, 1.54) is 25.3 Å². The van der Waals surface area contributed by atoms with Crippen LogP contribution in [0.4, 0.5) is 0 Å². The Morgan fingerprint density at radius 1 is 1.15 bits per heavy atom. The van der Waals surface area contributed by atoms with Crippen molar-refractivity contribution in [2.75, 3.05) is 13.7 Å². The van der Waals surface area contributed by atoms with E-state index in [-0.39, 0.29) is 39.9 Å². The third kappa shape index (κ3) is 4.36. The highest BCUT2D eigenvalue weighted by Gasteiger charge is 2.50. The van der Waals surface area contributed by atoms with Gasteiger partial charge in [-0.25, -0.2) is 0 Å². The van der Waals surface area contributed by atoms with Gasteiger partial charge < -0.3 is 51.0 Å². The number of hydrogen-bond acceptors (Lipinski definition) is 12. The average molecular weight is 562 g/mol. The maximum atomic E-state index is 13.6. The molecule has 9 N–H and O–H groups in total. The van der Waals surface area contributed by atoms with Crippen LogP contribution in [0.25, 0.3) is 0 Å². The number of aliphatic hydroxyl groups excluding tert-OH is 2. The topological polar surface area (TPSA) is 238 Å². The number of aliphatic hydroxyl groups is 3. The molecule has 0 spiro atoms. The van der Waals surface area contributed by atoms with Crippen LogP contribution < -0.4 is 10.5 Å². The molecule has 216 valence electrons. The number of methoxy groups -OCH3 is 1. The minimum Gasteiger partial charge on any atom is -0.507 e. The number of phenols is 2. The monoisotopic (exact) mass is 561 g/mol. The maximum absolute atomic E-state index is 13.6. The molecule has 6 atom stereocenters. The summed E-state index contributed by atoms with van der Waals surface area (Å²) in [6.07, 6.45) is -5.12. The molecule has 0 saturated carbocycles. The Hall–Kier alpha value is -3.43. The van der Waals surface area contributed by atoms with Crippen molar-refractivity contribution >= 4 is 17.3 Å². The average Bonchev–Trinajstić information content (AvgIpc) is 2.90. The molecule has 0 unspecified atom stereocenters. The van der Waals surface area contributed by atoms with Gasteiger partial charge in [-0.2, -0.15) is 0 Å². The number of ketones is 3. The van der Waals surface area contributed by atoms with Gasteiger partial charge in [0, 0.05) is 42.0 Å². The zero-order valence-corrected chi connectivity index (χ0v) is 21.7. The molecule has 2 aliphatic carbocycles. The van der Waals surface area contributed by atoms with Crippen LogP contribution in [0.1, 0.15) is 68.8 Å². The molecule has 1 fully saturated rings. The van der Waals surface area contributed by atoms with Crippen LogP contribution in [0.5, 0.6) is 17.2 Å². The first-order chi connectivity index (χ1) is 18.4. The molecule has 0 amide bonds. The van der Waals surface area contributed by atoms with Crippen molar-refractivity contribution in [1.82, 2.24) is 0 Å². The van der Waals surface area contributed by atoms with Gasteiger partial charge in [-0.3, -0.25) is 14.4 Å². The van der Waals surface area contributed by atoms with Gasteiger partial charge in [-0.15, -0.1) is 0 Å². The molecule has 0 radical (unpaired) electrons. The summed E-state index contributed by atoms with van der Waals surface area (Å²) in [4.78, 5) is 39.7. The molecule has 2 aromatic rings. The zero-order chi connectivity index (χ0) is 28.4. The summed E-state index contributed by atoms with van der Waals surface area (Å²) in [5.74, 6) is -3.77. The van der Waals surface area contributed by atoms with E-state index in [1.54, 1.807) is 6.92 Å². The molecule has 1 saturated heterocycles. The van der Waals surface area contributed by atoms with E-state index in [9.17, 15) is 39.9 Å². The van der Waals surface area contributed by atoms with Crippen molar-refractivity contribution in [2.24, 2.45) is 5.73 Å². The van der Waals surface area contributed by atoms with Gasteiger partial charge in [0.05, 0.1) is 42.1 Å². The van der Waals surface area contributed by atoms with E-state index in [0.717, 1.165) is 0 Å². The first-order valence-corrected chi connectivity index (χ1v) is 12.4.